The van der Waals surface area contributed by atoms with E-state index in [0.29, 0.717) is 25.7 Å². The lowest BCUT2D eigenvalue weighted by atomic mass is 10.1. The van der Waals surface area contributed by atoms with Crippen LogP contribution in [0.1, 0.15) is 310 Å². The van der Waals surface area contributed by atoms with Gasteiger partial charge in [0.15, 0.2) is 12.2 Å². The smallest absolute Gasteiger partial charge is 0.462 e. The van der Waals surface area contributed by atoms with Crippen LogP contribution in [-0.4, -0.2) is 96.7 Å². The lowest BCUT2D eigenvalue weighted by Crippen LogP contribution is -2.30. The number of phosphoric acid groups is 2. The monoisotopic (exact) mass is 1340 g/mol. The van der Waals surface area contributed by atoms with Crippen molar-refractivity contribution in [2.24, 2.45) is 0 Å². The second-order valence-corrected chi connectivity index (χ2v) is 27.1. The average molecular weight is 1340 g/mol. The number of aliphatic hydroxyl groups is 1. The Bertz CT molecular complexity index is 2040. The van der Waals surface area contributed by atoms with Crippen LogP contribution < -0.4 is 0 Å². The lowest BCUT2D eigenvalue weighted by Gasteiger charge is -2.21. The molecular weight excluding hydrogens is 1210 g/mol. The molecule has 0 radical (unpaired) electrons. The molecule has 5 unspecified atom stereocenters. The van der Waals surface area contributed by atoms with E-state index in [9.17, 15) is 43.2 Å². The van der Waals surface area contributed by atoms with Crippen molar-refractivity contribution in [1.29, 1.82) is 0 Å². The van der Waals surface area contributed by atoms with Crippen molar-refractivity contribution < 1.29 is 80.2 Å². The number of unbranched alkanes of at least 4 members (excludes halogenated alkanes) is 30. The van der Waals surface area contributed by atoms with Gasteiger partial charge < -0.3 is 33.8 Å². The highest BCUT2D eigenvalue weighted by molar-refractivity contribution is 7.47. The molecule has 0 aromatic heterocycles. The maximum Gasteiger partial charge on any atom is 0.472 e. The first-order valence-corrected chi connectivity index (χ1v) is 39.2. The fraction of sp³-hybridized carbons (Fsp3) is 0.781. The van der Waals surface area contributed by atoms with Gasteiger partial charge in [0.2, 0.25) is 0 Å². The average Bonchev–Trinajstić information content (AvgIpc) is 2.31. The van der Waals surface area contributed by atoms with Gasteiger partial charge in [-0.2, -0.15) is 0 Å². The first-order valence-electron chi connectivity index (χ1n) is 36.2. The third kappa shape index (κ3) is 65.2. The number of esters is 4. The molecule has 92 heavy (non-hydrogen) atoms. The summed E-state index contributed by atoms with van der Waals surface area (Å²) in [6.45, 7) is 4.63. The number of hydrogen-bond acceptors (Lipinski definition) is 15. The Kier molecular flexibility index (Phi) is 63.6. The summed E-state index contributed by atoms with van der Waals surface area (Å²) < 4.78 is 68.2. The molecular formula is C73H130O17P2. The molecule has 0 aromatic rings. The molecule has 0 fully saturated rings. The van der Waals surface area contributed by atoms with Crippen LogP contribution in [0.3, 0.4) is 0 Å². The summed E-state index contributed by atoms with van der Waals surface area (Å²) in [5.74, 6) is -2.19. The summed E-state index contributed by atoms with van der Waals surface area (Å²) >= 11 is 0. The van der Waals surface area contributed by atoms with Crippen molar-refractivity contribution in [1.82, 2.24) is 0 Å². The Morgan fingerprint density at radius 3 is 0.957 bits per heavy atom. The summed E-state index contributed by atoms with van der Waals surface area (Å²) in [4.78, 5) is 72.6. The Morgan fingerprint density at radius 1 is 0.315 bits per heavy atom. The van der Waals surface area contributed by atoms with Crippen LogP contribution >= 0.6 is 15.6 Å². The molecule has 0 heterocycles. The first kappa shape index (κ1) is 88.5. The number of aliphatic hydroxyl groups excluding tert-OH is 1. The van der Waals surface area contributed by atoms with Crippen LogP contribution in [-0.2, 0) is 65.4 Å². The zero-order valence-corrected chi connectivity index (χ0v) is 59.8. The van der Waals surface area contributed by atoms with Gasteiger partial charge in [-0.3, -0.25) is 37.3 Å². The first-order chi connectivity index (χ1) is 44.7. The Hall–Kier alpha value is -3.50. The van der Waals surface area contributed by atoms with E-state index >= 15 is 0 Å². The van der Waals surface area contributed by atoms with Gasteiger partial charge >= 0.3 is 39.5 Å². The van der Waals surface area contributed by atoms with Crippen LogP contribution in [0.5, 0.6) is 0 Å². The number of hydrogen-bond donors (Lipinski definition) is 3. The van der Waals surface area contributed by atoms with Gasteiger partial charge in [-0.1, -0.05) is 255 Å². The molecule has 5 atom stereocenters. The van der Waals surface area contributed by atoms with Crippen LogP contribution in [0.2, 0.25) is 0 Å². The number of phosphoric ester groups is 2. The molecule has 0 saturated carbocycles. The molecule has 534 valence electrons. The molecule has 0 aromatic carbocycles. The summed E-state index contributed by atoms with van der Waals surface area (Å²) in [6.07, 6.45) is 63.4. The third-order valence-electron chi connectivity index (χ3n) is 15.1. The topological polar surface area (TPSA) is 237 Å². The van der Waals surface area contributed by atoms with E-state index in [1.165, 1.54) is 51.4 Å². The van der Waals surface area contributed by atoms with E-state index in [-0.39, 0.29) is 25.7 Å². The number of carbonyl (C=O) groups is 4. The molecule has 3 N–H and O–H groups in total. The van der Waals surface area contributed by atoms with Crippen molar-refractivity contribution >= 4 is 39.5 Å². The van der Waals surface area contributed by atoms with Crippen LogP contribution in [0.15, 0.2) is 72.9 Å². The van der Waals surface area contributed by atoms with Gasteiger partial charge in [-0.15, -0.1) is 0 Å². The van der Waals surface area contributed by atoms with E-state index in [0.717, 1.165) is 180 Å². The molecule has 0 amide bonds. The number of carbonyl (C=O) groups excluding carboxylic acids is 4. The van der Waals surface area contributed by atoms with Gasteiger partial charge in [0.1, 0.15) is 19.3 Å². The molecule has 19 heteroatoms. The predicted octanol–water partition coefficient (Wildman–Crippen LogP) is 20.1. The molecule has 0 spiro atoms. The summed E-state index contributed by atoms with van der Waals surface area (Å²) in [5, 5.41) is 10.6. The van der Waals surface area contributed by atoms with Crippen molar-refractivity contribution in [2.75, 3.05) is 39.6 Å². The quantitative estimate of drug-likeness (QED) is 0.0169. The molecule has 0 bridgehead atoms. The standard InChI is InChI=1S/C73H130O17P2/c1-5-9-13-17-21-25-29-31-32-33-34-36-40-42-46-50-54-58-71(76)84-64-69(90-73(78)60-56-52-48-44-38-28-24-20-16-12-8-4)66-88-92(81,82)86-62-67(74)61-85-91(79,80)87-65-68(89-72(77)59-55-51-47-43-37-27-23-19-15-11-7-3)63-83-70(75)57-53-49-45-41-39-35-30-26-22-18-14-10-6-2/h9,13-14,18,20-21,24-26,30-32,67-69,74H,5-8,10-12,15-17,19,22-23,27-29,33-66H2,1-4H3,(H,79,80)(H,81,82)/b13-9-,18-14-,24-20-,25-21-,30-26-,32-31-. The van der Waals surface area contributed by atoms with Gasteiger partial charge in [-0.25, -0.2) is 9.13 Å². The Morgan fingerprint density at radius 2 is 0.598 bits per heavy atom. The summed E-state index contributed by atoms with van der Waals surface area (Å²) in [7, 11) is -9.93. The van der Waals surface area contributed by atoms with E-state index in [1.807, 2.05) is 0 Å². The maximum absolute atomic E-state index is 13.0. The Balaban J connectivity index is 5.28. The molecule has 0 aliphatic carbocycles. The minimum atomic E-state index is -4.97. The fourth-order valence-corrected chi connectivity index (χ4v) is 11.2. The van der Waals surface area contributed by atoms with Crippen molar-refractivity contribution in [3.8, 4) is 0 Å². The van der Waals surface area contributed by atoms with E-state index in [2.05, 4.69) is 101 Å². The van der Waals surface area contributed by atoms with Crippen LogP contribution in [0, 0.1) is 0 Å². The highest BCUT2D eigenvalue weighted by Gasteiger charge is 2.30. The number of allylic oxidation sites excluding steroid dienone is 12. The summed E-state index contributed by atoms with van der Waals surface area (Å²) in [5.41, 5.74) is 0. The van der Waals surface area contributed by atoms with Gasteiger partial charge in [-0.05, 0) is 103 Å². The maximum atomic E-state index is 13.0. The van der Waals surface area contributed by atoms with E-state index in [4.69, 9.17) is 37.0 Å². The van der Waals surface area contributed by atoms with Gasteiger partial charge in [0.25, 0.3) is 0 Å². The second-order valence-electron chi connectivity index (χ2n) is 24.2. The molecule has 0 rings (SSSR count). The number of ether oxygens (including phenoxy) is 4. The Labute approximate surface area is 558 Å². The normalized spacial score (nSPS) is 14.5. The van der Waals surface area contributed by atoms with E-state index < -0.39 is 97.5 Å². The predicted molar refractivity (Wildman–Crippen MR) is 372 cm³/mol. The van der Waals surface area contributed by atoms with Gasteiger partial charge in [0, 0.05) is 25.7 Å². The molecule has 0 aliphatic heterocycles. The summed E-state index contributed by atoms with van der Waals surface area (Å²) in [6, 6.07) is 0. The SMILES string of the molecule is CC/C=C\C/C=C\C/C=C\CCCCCCCCCC(=O)OCC(COP(=O)(O)OCC(O)COP(=O)(O)OCC(COC(=O)CCCCCCC/C=C\C/C=C\CCC)OC(=O)CCCCCCCCCCCCC)OC(=O)CCCCCCC/C=C\CCCC. The minimum Gasteiger partial charge on any atom is -0.462 e. The zero-order valence-electron chi connectivity index (χ0n) is 58.0. The lowest BCUT2D eigenvalue weighted by molar-refractivity contribution is -0.161. The second kappa shape index (κ2) is 66.1. The van der Waals surface area contributed by atoms with Crippen molar-refractivity contribution in [2.45, 2.75) is 329 Å². The van der Waals surface area contributed by atoms with Crippen molar-refractivity contribution in [3.63, 3.8) is 0 Å². The van der Waals surface area contributed by atoms with Gasteiger partial charge in [0.05, 0.1) is 26.4 Å². The van der Waals surface area contributed by atoms with Crippen LogP contribution in [0.25, 0.3) is 0 Å². The minimum absolute atomic E-state index is 0.0842. The highest BCUT2D eigenvalue weighted by Crippen LogP contribution is 2.45. The largest absolute Gasteiger partial charge is 0.472 e. The fourth-order valence-electron chi connectivity index (χ4n) is 9.61. The van der Waals surface area contributed by atoms with Crippen LogP contribution in [0.4, 0.5) is 0 Å². The molecule has 0 saturated heterocycles. The van der Waals surface area contributed by atoms with Crippen molar-refractivity contribution in [3.05, 3.63) is 72.9 Å². The zero-order chi connectivity index (χ0) is 67.5. The molecule has 17 nitrogen and oxygen atoms in total. The van der Waals surface area contributed by atoms with E-state index in [1.54, 1.807) is 0 Å². The molecule has 0 aliphatic rings. The number of rotatable bonds is 68. The highest BCUT2D eigenvalue weighted by atomic mass is 31.2. The third-order valence-corrected chi connectivity index (χ3v) is 17.0.